The third-order valence-electron chi connectivity index (χ3n) is 3.81. The van der Waals surface area contributed by atoms with Gasteiger partial charge in [0.05, 0.1) is 14.7 Å². The van der Waals surface area contributed by atoms with Crippen LogP contribution >= 0.6 is 0 Å². The molecule has 0 atom stereocenters. The second-order valence-corrected chi connectivity index (χ2v) is 9.25. The molecule has 2 aromatic carbocycles. The van der Waals surface area contributed by atoms with Gasteiger partial charge in [-0.2, -0.15) is 0 Å². The number of nitrogens with two attached hydrogens (primary N) is 1. The molecule has 26 heavy (non-hydrogen) atoms. The van der Waals surface area contributed by atoms with E-state index in [0.29, 0.717) is 0 Å². The van der Waals surface area contributed by atoms with Gasteiger partial charge in [-0.15, -0.1) is 0 Å². The first-order valence-electron chi connectivity index (χ1n) is 7.66. The molecule has 0 saturated heterocycles. The van der Waals surface area contributed by atoms with Crippen LogP contribution in [0.2, 0.25) is 0 Å². The van der Waals surface area contributed by atoms with Gasteiger partial charge in [0, 0.05) is 12.7 Å². The molecule has 0 amide bonds. The Labute approximate surface area is 152 Å². The maximum Gasteiger partial charge on any atom is 0.225 e. The molecule has 0 bridgehead atoms. The van der Waals surface area contributed by atoms with Gasteiger partial charge in [-0.1, -0.05) is 30.3 Å². The zero-order valence-electron chi connectivity index (χ0n) is 13.6. The van der Waals surface area contributed by atoms with Gasteiger partial charge in [-0.05, 0) is 42.0 Å². The van der Waals surface area contributed by atoms with Gasteiger partial charge in [0.2, 0.25) is 19.7 Å². The molecular formula is C18H16N2O4S2. The molecule has 0 aliphatic heterocycles. The van der Waals surface area contributed by atoms with Crippen LogP contribution in [0.15, 0.2) is 92.6 Å². The van der Waals surface area contributed by atoms with Gasteiger partial charge < -0.3 is 5.73 Å². The van der Waals surface area contributed by atoms with E-state index >= 15 is 0 Å². The highest BCUT2D eigenvalue weighted by Crippen LogP contribution is 2.30. The summed E-state index contributed by atoms with van der Waals surface area (Å²) in [5.74, 6) is 0. The van der Waals surface area contributed by atoms with Crippen LogP contribution in [-0.4, -0.2) is 21.8 Å². The van der Waals surface area contributed by atoms with E-state index in [2.05, 4.69) is 4.98 Å². The van der Waals surface area contributed by atoms with Gasteiger partial charge in [0.1, 0.15) is 0 Å². The summed E-state index contributed by atoms with van der Waals surface area (Å²) in [5.41, 5.74) is 6.31. The van der Waals surface area contributed by atoms with Crippen LogP contribution in [0.25, 0.3) is 0 Å². The van der Waals surface area contributed by atoms with E-state index in [1.807, 2.05) is 0 Å². The highest BCUT2D eigenvalue weighted by molar-refractivity contribution is 7.94. The summed E-state index contributed by atoms with van der Waals surface area (Å²) in [5, 5.41) is -0.207. The fourth-order valence-electron chi connectivity index (χ4n) is 2.44. The molecule has 0 spiro atoms. The SMILES string of the molecule is NCc1ccc(S(=O)(=O)c2ccccc2S(=O)(=O)c2ccccn2)cc1. The zero-order chi connectivity index (χ0) is 18.8. The normalized spacial score (nSPS) is 12.0. The summed E-state index contributed by atoms with van der Waals surface area (Å²) >= 11 is 0. The third-order valence-corrected chi connectivity index (χ3v) is 7.49. The highest BCUT2D eigenvalue weighted by atomic mass is 32.2. The number of aromatic nitrogens is 1. The summed E-state index contributed by atoms with van der Waals surface area (Å²) in [6.45, 7) is 0.283. The van der Waals surface area contributed by atoms with Crippen LogP contribution in [0.4, 0.5) is 0 Å². The standard InChI is InChI=1S/C18H16N2O4S2/c19-13-14-8-10-15(11-9-14)25(21,22)16-5-1-2-6-17(16)26(23,24)18-7-3-4-12-20-18/h1-12H,13,19H2. The van der Waals surface area contributed by atoms with E-state index in [1.54, 1.807) is 18.2 Å². The fraction of sp³-hybridized carbons (Fsp3) is 0.0556. The topological polar surface area (TPSA) is 107 Å². The monoisotopic (exact) mass is 388 g/mol. The van der Waals surface area contributed by atoms with Crippen molar-refractivity contribution in [2.45, 2.75) is 26.3 Å². The first-order chi connectivity index (χ1) is 12.4. The quantitative estimate of drug-likeness (QED) is 0.718. The van der Waals surface area contributed by atoms with E-state index in [-0.39, 0.29) is 26.3 Å². The minimum atomic E-state index is -4.08. The van der Waals surface area contributed by atoms with Crippen molar-refractivity contribution in [1.82, 2.24) is 4.98 Å². The van der Waals surface area contributed by atoms with Crippen LogP contribution < -0.4 is 5.73 Å². The summed E-state index contributed by atoms with van der Waals surface area (Å²) in [7, 11) is -8.12. The van der Waals surface area contributed by atoms with E-state index in [0.717, 1.165) is 5.56 Å². The largest absolute Gasteiger partial charge is 0.326 e. The van der Waals surface area contributed by atoms with Gasteiger partial charge >= 0.3 is 0 Å². The number of nitrogens with zero attached hydrogens (tertiary/aromatic N) is 1. The molecule has 0 aliphatic carbocycles. The number of hydrogen-bond acceptors (Lipinski definition) is 6. The predicted molar refractivity (Wildman–Crippen MR) is 95.9 cm³/mol. The smallest absolute Gasteiger partial charge is 0.225 e. The molecule has 0 fully saturated rings. The number of sulfone groups is 2. The molecule has 0 aliphatic rings. The summed E-state index contributed by atoms with van der Waals surface area (Å²) in [6.07, 6.45) is 1.34. The minimum Gasteiger partial charge on any atom is -0.326 e. The maximum absolute atomic E-state index is 13.0. The molecule has 8 heteroatoms. The number of rotatable bonds is 5. The first-order valence-corrected chi connectivity index (χ1v) is 10.6. The lowest BCUT2D eigenvalue weighted by atomic mass is 10.2. The second-order valence-electron chi connectivity index (χ2n) is 5.47. The van der Waals surface area contributed by atoms with Gasteiger partial charge in [-0.3, -0.25) is 0 Å². The second kappa shape index (κ2) is 6.99. The number of hydrogen-bond donors (Lipinski definition) is 1. The Bertz CT molecular complexity index is 1130. The van der Waals surface area contributed by atoms with Crippen LogP contribution in [0.5, 0.6) is 0 Å². The third kappa shape index (κ3) is 3.26. The average Bonchev–Trinajstić information content (AvgIpc) is 2.68. The Kier molecular flexibility index (Phi) is 4.90. The minimum absolute atomic E-state index is 0.00151. The van der Waals surface area contributed by atoms with Gasteiger partial charge in [-0.25, -0.2) is 21.8 Å². The molecule has 1 aromatic heterocycles. The Morgan fingerprint density at radius 3 is 1.85 bits per heavy atom. The summed E-state index contributed by atoms with van der Waals surface area (Å²) in [6, 6.07) is 16.0. The molecule has 3 rings (SSSR count). The molecule has 2 N–H and O–H groups in total. The lowest BCUT2D eigenvalue weighted by molar-refractivity contribution is 0.580. The molecule has 0 unspecified atom stereocenters. The summed E-state index contributed by atoms with van der Waals surface area (Å²) in [4.78, 5) is 3.26. The Hall–Kier alpha value is -2.55. The Morgan fingerprint density at radius 1 is 0.731 bits per heavy atom. The first kappa shape index (κ1) is 18.2. The Balaban J connectivity index is 2.18. The Morgan fingerprint density at radius 2 is 1.31 bits per heavy atom. The van der Waals surface area contributed by atoms with Crippen molar-refractivity contribution in [2.75, 3.05) is 0 Å². The van der Waals surface area contributed by atoms with Crippen molar-refractivity contribution >= 4 is 19.7 Å². The van der Waals surface area contributed by atoms with Crippen molar-refractivity contribution in [2.24, 2.45) is 5.73 Å². The molecular weight excluding hydrogens is 372 g/mol. The predicted octanol–water partition coefficient (Wildman–Crippen LogP) is 2.21. The van der Waals surface area contributed by atoms with Crippen molar-refractivity contribution in [1.29, 1.82) is 0 Å². The molecule has 0 saturated carbocycles. The van der Waals surface area contributed by atoms with Gasteiger partial charge in [0.25, 0.3) is 0 Å². The van der Waals surface area contributed by atoms with Crippen LogP contribution in [0, 0.1) is 0 Å². The highest BCUT2D eigenvalue weighted by Gasteiger charge is 2.29. The lowest BCUT2D eigenvalue weighted by Gasteiger charge is -2.11. The van der Waals surface area contributed by atoms with Crippen LogP contribution in [0.1, 0.15) is 5.56 Å². The molecule has 1 heterocycles. The number of benzene rings is 2. The van der Waals surface area contributed by atoms with E-state index in [4.69, 9.17) is 5.73 Å². The van der Waals surface area contributed by atoms with Crippen molar-refractivity contribution in [3.05, 3.63) is 78.5 Å². The fourth-order valence-corrected chi connectivity index (χ4v) is 5.72. The number of pyridine rings is 1. The van der Waals surface area contributed by atoms with E-state index < -0.39 is 19.7 Å². The molecule has 0 radical (unpaired) electrons. The van der Waals surface area contributed by atoms with Crippen molar-refractivity contribution in [3.8, 4) is 0 Å². The van der Waals surface area contributed by atoms with Crippen LogP contribution in [0.3, 0.4) is 0 Å². The summed E-state index contributed by atoms with van der Waals surface area (Å²) < 4.78 is 51.8. The lowest BCUT2D eigenvalue weighted by Crippen LogP contribution is -2.11. The molecule has 134 valence electrons. The van der Waals surface area contributed by atoms with E-state index in [9.17, 15) is 16.8 Å². The van der Waals surface area contributed by atoms with Gasteiger partial charge in [0.15, 0.2) is 5.03 Å². The van der Waals surface area contributed by atoms with Crippen LogP contribution in [-0.2, 0) is 26.2 Å². The van der Waals surface area contributed by atoms with E-state index in [1.165, 1.54) is 54.7 Å². The van der Waals surface area contributed by atoms with Crippen molar-refractivity contribution in [3.63, 3.8) is 0 Å². The zero-order valence-corrected chi connectivity index (χ0v) is 15.2. The molecule has 3 aromatic rings. The average molecular weight is 388 g/mol. The molecule has 6 nitrogen and oxygen atoms in total. The van der Waals surface area contributed by atoms with Crippen molar-refractivity contribution < 1.29 is 16.8 Å². The maximum atomic E-state index is 13.0.